The Morgan fingerprint density at radius 3 is 2.84 bits per heavy atom. The molecule has 25 heavy (non-hydrogen) atoms. The number of carbonyl (C=O) groups is 4. The van der Waals surface area contributed by atoms with Crippen LogP contribution in [0, 0.1) is 12.8 Å². The second-order valence-corrected chi connectivity index (χ2v) is 7.35. The minimum atomic E-state index is -0.525. The molecule has 1 aromatic rings. The van der Waals surface area contributed by atoms with Crippen LogP contribution >= 0.6 is 11.3 Å². The van der Waals surface area contributed by atoms with E-state index in [1.54, 1.807) is 4.90 Å². The average Bonchev–Trinajstić information content (AvgIpc) is 3.03. The molecule has 4 amide bonds. The Hall–Kier alpha value is -2.22. The summed E-state index contributed by atoms with van der Waals surface area (Å²) in [6.45, 7) is 2.86. The van der Waals surface area contributed by atoms with Crippen LogP contribution in [0.15, 0.2) is 11.4 Å². The third-order valence-corrected chi connectivity index (χ3v) is 5.72. The van der Waals surface area contributed by atoms with Crippen LogP contribution in [0.5, 0.6) is 0 Å². The van der Waals surface area contributed by atoms with E-state index in [1.807, 2.05) is 18.4 Å². The summed E-state index contributed by atoms with van der Waals surface area (Å²) in [7, 11) is 0. The van der Waals surface area contributed by atoms with Gasteiger partial charge < -0.3 is 10.2 Å². The van der Waals surface area contributed by atoms with Crippen LogP contribution in [0.4, 0.5) is 4.79 Å². The lowest BCUT2D eigenvalue weighted by atomic mass is 9.92. The maximum Gasteiger partial charge on any atom is 0.324 e. The van der Waals surface area contributed by atoms with Crippen LogP contribution in [0.1, 0.15) is 34.5 Å². The molecular weight excluding hydrogens is 342 g/mol. The molecule has 2 aliphatic heterocycles. The SMILES string of the molecule is Cc1ccsc1C(=O)[C@@H]1CCCN(C(=O)CN2C(=O)CCNC2=O)C1. The van der Waals surface area contributed by atoms with E-state index in [9.17, 15) is 19.2 Å². The van der Waals surface area contributed by atoms with Gasteiger partial charge in [-0.3, -0.25) is 19.3 Å². The molecule has 1 aromatic heterocycles. The summed E-state index contributed by atoms with van der Waals surface area (Å²) in [6.07, 6.45) is 1.70. The quantitative estimate of drug-likeness (QED) is 0.820. The van der Waals surface area contributed by atoms with Gasteiger partial charge >= 0.3 is 6.03 Å². The number of likely N-dealkylation sites (tertiary alicyclic amines) is 1. The summed E-state index contributed by atoms with van der Waals surface area (Å²) in [4.78, 5) is 52.1. The third-order valence-electron chi connectivity index (χ3n) is 4.69. The van der Waals surface area contributed by atoms with Crippen molar-refractivity contribution in [1.82, 2.24) is 15.1 Å². The van der Waals surface area contributed by atoms with Crippen LogP contribution in [0.25, 0.3) is 0 Å². The molecule has 0 bridgehead atoms. The number of piperidine rings is 1. The number of ketones is 1. The molecule has 1 atom stereocenters. The lowest BCUT2D eigenvalue weighted by Gasteiger charge is -2.34. The molecule has 0 spiro atoms. The van der Waals surface area contributed by atoms with Crippen LogP contribution in [-0.2, 0) is 9.59 Å². The van der Waals surface area contributed by atoms with Crippen LogP contribution in [0.3, 0.4) is 0 Å². The van der Waals surface area contributed by atoms with Gasteiger partial charge in [0.1, 0.15) is 6.54 Å². The van der Waals surface area contributed by atoms with Crippen molar-refractivity contribution < 1.29 is 19.2 Å². The van der Waals surface area contributed by atoms with Gasteiger partial charge in [0.05, 0.1) is 4.88 Å². The van der Waals surface area contributed by atoms with Gasteiger partial charge in [0.25, 0.3) is 0 Å². The predicted octanol–water partition coefficient (Wildman–Crippen LogP) is 1.42. The van der Waals surface area contributed by atoms with E-state index in [-0.39, 0.29) is 36.5 Å². The number of amides is 4. The van der Waals surface area contributed by atoms with Crippen LogP contribution < -0.4 is 5.32 Å². The zero-order valence-corrected chi connectivity index (χ0v) is 14.9. The van der Waals surface area contributed by atoms with Crippen LogP contribution in [-0.4, -0.2) is 59.6 Å². The number of hydrogen-bond acceptors (Lipinski definition) is 5. The first-order valence-corrected chi connectivity index (χ1v) is 9.29. The Balaban J connectivity index is 1.63. The molecule has 0 saturated carbocycles. The van der Waals surface area contributed by atoms with Gasteiger partial charge in [-0.1, -0.05) is 0 Å². The fourth-order valence-electron chi connectivity index (χ4n) is 3.24. The highest BCUT2D eigenvalue weighted by atomic mass is 32.1. The molecule has 3 rings (SSSR count). The van der Waals surface area contributed by atoms with E-state index >= 15 is 0 Å². The number of rotatable bonds is 4. The largest absolute Gasteiger partial charge is 0.340 e. The Morgan fingerprint density at radius 2 is 2.16 bits per heavy atom. The lowest BCUT2D eigenvalue weighted by molar-refractivity contribution is -0.139. The highest BCUT2D eigenvalue weighted by molar-refractivity contribution is 7.12. The number of Topliss-reactive ketones (excluding diaryl/α,β-unsaturated/α-hetero) is 1. The molecule has 0 aromatic carbocycles. The molecule has 2 saturated heterocycles. The van der Waals surface area contributed by atoms with Crippen molar-refractivity contribution in [3.8, 4) is 0 Å². The highest BCUT2D eigenvalue weighted by Crippen LogP contribution is 2.25. The molecule has 0 radical (unpaired) electrons. The Morgan fingerprint density at radius 1 is 1.36 bits per heavy atom. The number of thiophene rings is 1. The number of urea groups is 1. The summed E-state index contributed by atoms with van der Waals surface area (Å²) in [5, 5.41) is 4.46. The van der Waals surface area contributed by atoms with Crippen molar-refractivity contribution in [2.75, 3.05) is 26.2 Å². The Kier molecular flexibility index (Phi) is 5.17. The first-order chi connectivity index (χ1) is 12.0. The molecule has 134 valence electrons. The van der Waals surface area contributed by atoms with Gasteiger partial charge in [0.15, 0.2) is 5.78 Å². The number of imide groups is 1. The van der Waals surface area contributed by atoms with E-state index in [0.29, 0.717) is 19.6 Å². The van der Waals surface area contributed by atoms with Crippen LogP contribution in [0.2, 0.25) is 0 Å². The smallest absolute Gasteiger partial charge is 0.324 e. The molecule has 3 heterocycles. The minimum absolute atomic E-state index is 0.0804. The second kappa shape index (κ2) is 7.35. The van der Waals surface area contributed by atoms with Crippen molar-refractivity contribution in [2.45, 2.75) is 26.2 Å². The first kappa shape index (κ1) is 17.6. The van der Waals surface area contributed by atoms with Gasteiger partial charge in [-0.25, -0.2) is 4.79 Å². The van der Waals surface area contributed by atoms with E-state index in [4.69, 9.17) is 0 Å². The number of carbonyl (C=O) groups excluding carboxylic acids is 4. The third kappa shape index (κ3) is 3.73. The normalized spacial score (nSPS) is 21.2. The van der Waals surface area contributed by atoms with E-state index in [1.165, 1.54) is 11.3 Å². The van der Waals surface area contributed by atoms with Crippen molar-refractivity contribution in [2.24, 2.45) is 5.92 Å². The first-order valence-electron chi connectivity index (χ1n) is 8.41. The summed E-state index contributed by atoms with van der Waals surface area (Å²) in [5.74, 6) is -0.764. The van der Waals surface area contributed by atoms with Gasteiger partial charge in [0.2, 0.25) is 11.8 Å². The lowest BCUT2D eigenvalue weighted by Crippen LogP contribution is -2.54. The van der Waals surface area contributed by atoms with E-state index in [0.717, 1.165) is 28.2 Å². The maximum atomic E-state index is 12.7. The van der Waals surface area contributed by atoms with Gasteiger partial charge in [-0.15, -0.1) is 11.3 Å². The average molecular weight is 363 g/mol. The van der Waals surface area contributed by atoms with Gasteiger partial charge in [-0.05, 0) is 36.8 Å². The van der Waals surface area contributed by atoms with Gasteiger partial charge in [-0.2, -0.15) is 0 Å². The standard InChI is InChI=1S/C17H21N3O4S/c1-11-5-8-25-16(11)15(23)12-3-2-7-19(9-12)14(22)10-20-13(21)4-6-18-17(20)24/h5,8,12H,2-4,6-7,9-10H2,1H3,(H,18,24)/t12-/m1/s1. The van der Waals surface area contributed by atoms with Gasteiger partial charge in [0, 0.05) is 32.0 Å². The maximum absolute atomic E-state index is 12.7. The van der Waals surface area contributed by atoms with Crippen molar-refractivity contribution in [3.63, 3.8) is 0 Å². The summed E-state index contributed by atoms with van der Waals surface area (Å²) in [5.41, 5.74) is 0.967. The number of nitrogens with zero attached hydrogens (tertiary/aromatic N) is 2. The molecule has 1 N–H and O–H groups in total. The topological polar surface area (TPSA) is 86.8 Å². The zero-order chi connectivity index (χ0) is 18.0. The monoisotopic (exact) mass is 363 g/mol. The van der Waals surface area contributed by atoms with Crippen molar-refractivity contribution >= 4 is 35.0 Å². The second-order valence-electron chi connectivity index (χ2n) is 6.44. The van der Waals surface area contributed by atoms with E-state index < -0.39 is 6.03 Å². The molecule has 8 heteroatoms. The summed E-state index contributed by atoms with van der Waals surface area (Å²) < 4.78 is 0. The molecule has 7 nitrogen and oxygen atoms in total. The Labute approximate surface area is 150 Å². The van der Waals surface area contributed by atoms with E-state index in [2.05, 4.69) is 5.32 Å². The fourth-order valence-corrected chi connectivity index (χ4v) is 4.19. The van der Waals surface area contributed by atoms with Crippen molar-refractivity contribution in [3.05, 3.63) is 21.9 Å². The molecule has 2 aliphatic rings. The molecule has 0 aliphatic carbocycles. The zero-order valence-electron chi connectivity index (χ0n) is 14.1. The molecular formula is C17H21N3O4S. The molecule has 0 unspecified atom stereocenters. The molecule has 2 fully saturated rings. The number of aryl methyl sites for hydroxylation is 1. The number of hydrogen-bond donors (Lipinski definition) is 1. The minimum Gasteiger partial charge on any atom is -0.340 e. The van der Waals surface area contributed by atoms with Crippen molar-refractivity contribution in [1.29, 1.82) is 0 Å². The predicted molar refractivity (Wildman–Crippen MR) is 92.4 cm³/mol. The number of nitrogens with one attached hydrogen (secondary N) is 1. The summed E-state index contributed by atoms with van der Waals surface area (Å²) >= 11 is 1.43. The Bertz CT molecular complexity index is 699. The fraction of sp³-hybridized carbons (Fsp3) is 0.529. The highest BCUT2D eigenvalue weighted by Gasteiger charge is 2.33. The summed E-state index contributed by atoms with van der Waals surface area (Å²) in [6, 6.07) is 1.40.